The number of hydrogen-bond acceptors (Lipinski definition) is 3. The molecule has 150 valence electrons. The van der Waals surface area contributed by atoms with Gasteiger partial charge in [0.2, 0.25) is 5.91 Å². The number of aromatic nitrogens is 1. The Morgan fingerprint density at radius 2 is 2.11 bits per heavy atom. The van der Waals surface area contributed by atoms with Crippen molar-refractivity contribution in [1.82, 2.24) is 9.88 Å². The monoisotopic (exact) mass is 374 g/mol. The first kappa shape index (κ1) is 20.1. The van der Waals surface area contributed by atoms with Crippen molar-refractivity contribution in [2.75, 3.05) is 19.8 Å². The second-order valence-corrected chi connectivity index (χ2v) is 9.04. The molecule has 1 aromatic heterocycles. The topological polar surface area (TPSA) is 60.3 Å². The third-order valence-corrected chi connectivity index (χ3v) is 5.95. The summed E-state index contributed by atoms with van der Waals surface area (Å²) in [5, 5.41) is 3.07. The molecule has 1 aliphatic carbocycles. The first-order chi connectivity index (χ1) is 12.8. The van der Waals surface area contributed by atoms with Gasteiger partial charge in [-0.3, -0.25) is 9.59 Å². The summed E-state index contributed by atoms with van der Waals surface area (Å²) in [5.41, 5.74) is 3.98. The highest BCUT2D eigenvalue weighted by molar-refractivity contribution is 6.01. The van der Waals surface area contributed by atoms with Crippen molar-refractivity contribution in [2.45, 2.75) is 72.8 Å². The standard InChI is InChI=1S/C22H34N2O3/c1-5-8-24-15(2)17(21-18(24)11-22(3,4)12-19(21)25)10-20(26)23-13-16-7-6-9-27-14-16/h16H,5-14H2,1-4H3,(H,23,26)/t16-/m0/s1. The highest BCUT2D eigenvalue weighted by atomic mass is 16.5. The Kier molecular flexibility index (Phi) is 6.09. The molecule has 0 radical (unpaired) electrons. The number of rotatable bonds is 6. The van der Waals surface area contributed by atoms with E-state index < -0.39 is 0 Å². The fourth-order valence-corrected chi connectivity index (χ4v) is 4.60. The van der Waals surface area contributed by atoms with Crippen LogP contribution < -0.4 is 5.32 Å². The predicted octanol–water partition coefficient (Wildman–Crippen LogP) is 3.45. The minimum Gasteiger partial charge on any atom is -0.381 e. The maximum Gasteiger partial charge on any atom is 0.224 e. The minimum absolute atomic E-state index is 0.0118. The van der Waals surface area contributed by atoms with Gasteiger partial charge in [0.15, 0.2) is 5.78 Å². The van der Waals surface area contributed by atoms with E-state index in [2.05, 4.69) is 37.6 Å². The molecule has 5 heteroatoms. The Bertz CT molecular complexity index is 712. The fraction of sp³-hybridized carbons (Fsp3) is 0.727. The lowest BCUT2D eigenvalue weighted by molar-refractivity contribution is -0.120. The summed E-state index contributed by atoms with van der Waals surface area (Å²) in [5.74, 6) is 0.616. The first-order valence-corrected chi connectivity index (χ1v) is 10.4. The van der Waals surface area contributed by atoms with Crippen LogP contribution in [0.1, 0.15) is 73.8 Å². The van der Waals surface area contributed by atoms with Gasteiger partial charge in [0.25, 0.3) is 0 Å². The second-order valence-electron chi connectivity index (χ2n) is 9.04. The zero-order valence-corrected chi connectivity index (χ0v) is 17.3. The van der Waals surface area contributed by atoms with Crippen LogP contribution >= 0.6 is 0 Å². The molecule has 1 atom stereocenters. The highest BCUT2D eigenvalue weighted by Crippen LogP contribution is 2.39. The van der Waals surface area contributed by atoms with Gasteiger partial charge in [-0.25, -0.2) is 0 Å². The molecule has 27 heavy (non-hydrogen) atoms. The van der Waals surface area contributed by atoms with Crippen molar-refractivity contribution in [3.63, 3.8) is 0 Å². The van der Waals surface area contributed by atoms with Gasteiger partial charge in [0, 0.05) is 43.1 Å². The van der Waals surface area contributed by atoms with Crippen LogP contribution in [0, 0.1) is 18.3 Å². The summed E-state index contributed by atoms with van der Waals surface area (Å²) in [7, 11) is 0. The van der Waals surface area contributed by atoms with Crippen LogP contribution in [0.3, 0.4) is 0 Å². The van der Waals surface area contributed by atoms with Gasteiger partial charge in [-0.2, -0.15) is 0 Å². The molecule has 1 fully saturated rings. The van der Waals surface area contributed by atoms with E-state index in [9.17, 15) is 9.59 Å². The molecule has 1 aliphatic heterocycles. The van der Waals surface area contributed by atoms with E-state index >= 15 is 0 Å². The molecule has 2 aliphatic rings. The number of amides is 1. The summed E-state index contributed by atoms with van der Waals surface area (Å²) >= 11 is 0. The molecule has 2 heterocycles. The van der Waals surface area contributed by atoms with Crippen LogP contribution in [0.5, 0.6) is 0 Å². The Balaban J connectivity index is 1.78. The number of nitrogens with zero attached hydrogens (tertiary/aromatic N) is 1. The zero-order chi connectivity index (χ0) is 19.6. The molecule has 0 saturated carbocycles. The maximum absolute atomic E-state index is 12.9. The Morgan fingerprint density at radius 3 is 2.78 bits per heavy atom. The van der Waals surface area contributed by atoms with Crippen LogP contribution in [0.15, 0.2) is 0 Å². The van der Waals surface area contributed by atoms with Crippen molar-refractivity contribution < 1.29 is 14.3 Å². The number of ether oxygens (including phenoxy) is 1. The van der Waals surface area contributed by atoms with Crippen LogP contribution in [0.2, 0.25) is 0 Å². The maximum atomic E-state index is 12.9. The van der Waals surface area contributed by atoms with E-state index in [1.165, 1.54) is 0 Å². The van der Waals surface area contributed by atoms with Crippen LogP contribution in [-0.2, 0) is 28.9 Å². The molecular weight excluding hydrogens is 340 g/mol. The molecule has 1 saturated heterocycles. The average molecular weight is 375 g/mol. The lowest BCUT2D eigenvalue weighted by Gasteiger charge is -2.30. The fourth-order valence-electron chi connectivity index (χ4n) is 4.60. The molecule has 1 amide bonds. The van der Waals surface area contributed by atoms with Gasteiger partial charge >= 0.3 is 0 Å². The van der Waals surface area contributed by atoms with Crippen molar-refractivity contribution in [2.24, 2.45) is 11.3 Å². The second kappa shape index (κ2) is 8.17. The van der Waals surface area contributed by atoms with Crippen molar-refractivity contribution in [3.8, 4) is 0 Å². The summed E-state index contributed by atoms with van der Waals surface area (Å²) in [6, 6.07) is 0. The summed E-state index contributed by atoms with van der Waals surface area (Å²) in [6.07, 6.45) is 4.94. The number of hydrogen-bond donors (Lipinski definition) is 1. The normalized spacial score (nSPS) is 21.8. The number of carbonyl (C=O) groups excluding carboxylic acids is 2. The quantitative estimate of drug-likeness (QED) is 0.830. The molecule has 0 spiro atoms. The lowest BCUT2D eigenvalue weighted by atomic mass is 9.75. The SMILES string of the molecule is CCCn1c(C)c(CC(=O)NC[C@@H]2CCCOC2)c2c1CC(C)(C)CC2=O. The average Bonchev–Trinajstić information content (AvgIpc) is 2.86. The van der Waals surface area contributed by atoms with E-state index in [4.69, 9.17) is 4.74 Å². The van der Waals surface area contributed by atoms with Gasteiger partial charge in [0.05, 0.1) is 13.0 Å². The Labute approximate surface area is 162 Å². The van der Waals surface area contributed by atoms with Gasteiger partial charge in [-0.1, -0.05) is 20.8 Å². The number of ketones is 1. The van der Waals surface area contributed by atoms with Gasteiger partial charge in [-0.15, -0.1) is 0 Å². The van der Waals surface area contributed by atoms with Crippen LogP contribution in [0.4, 0.5) is 0 Å². The summed E-state index contributed by atoms with van der Waals surface area (Å²) < 4.78 is 7.77. The van der Waals surface area contributed by atoms with Crippen molar-refractivity contribution in [1.29, 1.82) is 0 Å². The number of carbonyl (C=O) groups is 2. The van der Waals surface area contributed by atoms with Crippen LogP contribution in [-0.4, -0.2) is 36.0 Å². The first-order valence-electron chi connectivity index (χ1n) is 10.4. The summed E-state index contributed by atoms with van der Waals surface area (Å²) in [4.78, 5) is 25.5. The Hall–Kier alpha value is -1.62. The molecule has 3 rings (SSSR count). The smallest absolute Gasteiger partial charge is 0.224 e. The largest absolute Gasteiger partial charge is 0.381 e. The third-order valence-electron chi connectivity index (χ3n) is 5.95. The van der Waals surface area contributed by atoms with Gasteiger partial charge < -0.3 is 14.6 Å². The predicted molar refractivity (Wildman–Crippen MR) is 106 cm³/mol. The lowest BCUT2D eigenvalue weighted by Crippen LogP contribution is -2.34. The van der Waals surface area contributed by atoms with E-state index in [0.717, 1.165) is 68.0 Å². The van der Waals surface area contributed by atoms with Gasteiger partial charge in [-0.05, 0) is 49.5 Å². The molecule has 0 bridgehead atoms. The number of Topliss-reactive ketones (excluding diaryl/α,β-unsaturated/α-hetero) is 1. The third kappa shape index (κ3) is 4.45. The van der Waals surface area contributed by atoms with Crippen molar-refractivity contribution in [3.05, 3.63) is 22.5 Å². The molecule has 1 N–H and O–H groups in total. The van der Waals surface area contributed by atoms with E-state index in [-0.39, 0.29) is 17.1 Å². The van der Waals surface area contributed by atoms with E-state index in [1.54, 1.807) is 0 Å². The Morgan fingerprint density at radius 1 is 1.33 bits per heavy atom. The van der Waals surface area contributed by atoms with E-state index in [0.29, 0.717) is 25.3 Å². The van der Waals surface area contributed by atoms with Gasteiger partial charge in [0.1, 0.15) is 0 Å². The summed E-state index contributed by atoms with van der Waals surface area (Å²) in [6.45, 7) is 11.7. The molecule has 1 aromatic rings. The highest BCUT2D eigenvalue weighted by Gasteiger charge is 2.36. The number of fused-ring (bicyclic) bond motifs is 1. The van der Waals surface area contributed by atoms with Crippen molar-refractivity contribution >= 4 is 11.7 Å². The molecule has 0 aromatic carbocycles. The minimum atomic E-state index is -0.0130. The molecular formula is C22H34N2O3. The number of nitrogens with one attached hydrogen (secondary N) is 1. The molecule has 5 nitrogen and oxygen atoms in total. The van der Waals surface area contributed by atoms with Crippen LogP contribution in [0.25, 0.3) is 0 Å². The zero-order valence-electron chi connectivity index (χ0n) is 17.3. The molecule has 0 unspecified atom stereocenters. The van der Waals surface area contributed by atoms with E-state index in [1.807, 2.05) is 0 Å².